The molecule has 1 fully saturated rings. The number of carbonyl (C=O) groups is 2. The highest BCUT2D eigenvalue weighted by atomic mass is 32.1. The highest BCUT2D eigenvalue weighted by Gasteiger charge is 2.27. The molecular formula is C14H22N4O2S. The number of likely N-dealkylation sites (tertiary alicyclic amines) is 1. The first-order valence-corrected chi connectivity index (χ1v) is 7.99. The lowest BCUT2D eigenvalue weighted by Crippen LogP contribution is -2.42. The van der Waals surface area contributed by atoms with Crippen LogP contribution in [-0.4, -0.2) is 53.8 Å². The summed E-state index contributed by atoms with van der Waals surface area (Å²) >= 11 is 1.43. The Morgan fingerprint density at radius 3 is 2.95 bits per heavy atom. The number of nitrogens with zero attached hydrogens (tertiary/aromatic N) is 3. The van der Waals surface area contributed by atoms with Crippen molar-refractivity contribution in [3.05, 3.63) is 11.1 Å². The van der Waals surface area contributed by atoms with E-state index in [9.17, 15) is 9.59 Å². The van der Waals surface area contributed by atoms with Crippen LogP contribution in [0.25, 0.3) is 0 Å². The quantitative estimate of drug-likeness (QED) is 0.913. The first-order valence-electron chi connectivity index (χ1n) is 7.11. The average Bonchev–Trinajstić information content (AvgIpc) is 2.84. The minimum absolute atomic E-state index is 0.0854. The van der Waals surface area contributed by atoms with Gasteiger partial charge in [0, 0.05) is 39.5 Å². The number of anilines is 1. The van der Waals surface area contributed by atoms with Crippen molar-refractivity contribution in [3.63, 3.8) is 0 Å². The zero-order valence-electron chi connectivity index (χ0n) is 12.8. The predicted molar refractivity (Wildman–Crippen MR) is 83.1 cm³/mol. The highest BCUT2D eigenvalue weighted by Crippen LogP contribution is 2.22. The van der Waals surface area contributed by atoms with Gasteiger partial charge >= 0.3 is 0 Å². The molecule has 1 unspecified atom stereocenters. The van der Waals surface area contributed by atoms with Gasteiger partial charge in [-0.1, -0.05) is 0 Å². The topological polar surface area (TPSA) is 65.5 Å². The number of carbonyl (C=O) groups excluding carboxylic acids is 2. The molecule has 21 heavy (non-hydrogen) atoms. The second-order valence-corrected chi connectivity index (χ2v) is 6.49. The molecule has 116 valence electrons. The van der Waals surface area contributed by atoms with Crippen LogP contribution in [0.5, 0.6) is 0 Å². The number of amides is 2. The van der Waals surface area contributed by atoms with Gasteiger partial charge in [0.05, 0.1) is 11.6 Å². The van der Waals surface area contributed by atoms with E-state index >= 15 is 0 Å². The summed E-state index contributed by atoms with van der Waals surface area (Å²) in [5, 5.41) is 5.29. The van der Waals surface area contributed by atoms with Crippen LogP contribution in [-0.2, 0) is 16.1 Å². The number of nitrogens with one attached hydrogen (secondary N) is 1. The van der Waals surface area contributed by atoms with Gasteiger partial charge in [-0.25, -0.2) is 4.98 Å². The number of hydrogen-bond acceptors (Lipinski definition) is 5. The molecule has 0 bridgehead atoms. The Balaban J connectivity index is 1.91. The Morgan fingerprint density at radius 1 is 1.52 bits per heavy atom. The normalized spacial score (nSPS) is 19.3. The van der Waals surface area contributed by atoms with E-state index in [2.05, 4.69) is 15.2 Å². The molecule has 0 radical (unpaired) electrons. The van der Waals surface area contributed by atoms with Gasteiger partial charge in [0.25, 0.3) is 0 Å². The predicted octanol–water partition coefficient (Wildman–Crippen LogP) is 1.40. The fraction of sp³-hybridized carbons (Fsp3) is 0.643. The molecule has 0 saturated carbocycles. The molecule has 1 atom stereocenters. The fourth-order valence-corrected chi connectivity index (χ4v) is 3.33. The molecule has 2 rings (SSSR count). The summed E-state index contributed by atoms with van der Waals surface area (Å²) in [7, 11) is 3.61. The van der Waals surface area contributed by atoms with Gasteiger partial charge in [0.1, 0.15) is 0 Å². The zero-order valence-corrected chi connectivity index (χ0v) is 13.6. The van der Waals surface area contributed by atoms with Crippen LogP contribution < -0.4 is 5.32 Å². The highest BCUT2D eigenvalue weighted by molar-refractivity contribution is 7.13. The van der Waals surface area contributed by atoms with Crippen LogP contribution in [0.4, 0.5) is 5.13 Å². The smallest absolute Gasteiger partial charge is 0.226 e. The maximum Gasteiger partial charge on any atom is 0.226 e. The van der Waals surface area contributed by atoms with E-state index in [-0.39, 0.29) is 17.7 Å². The van der Waals surface area contributed by atoms with Gasteiger partial charge in [-0.3, -0.25) is 14.5 Å². The largest absolute Gasteiger partial charge is 0.349 e. The van der Waals surface area contributed by atoms with E-state index in [1.54, 1.807) is 19.0 Å². The fourth-order valence-electron chi connectivity index (χ4n) is 2.58. The SMILES string of the molecule is CC(=O)Nc1nc(CN2CCCC(C(=O)N(C)C)C2)cs1. The Labute approximate surface area is 129 Å². The molecule has 1 aromatic rings. The van der Waals surface area contributed by atoms with Crippen molar-refractivity contribution in [1.82, 2.24) is 14.8 Å². The average molecular weight is 310 g/mol. The number of piperidine rings is 1. The lowest BCUT2D eigenvalue weighted by Gasteiger charge is -2.32. The van der Waals surface area contributed by atoms with E-state index < -0.39 is 0 Å². The molecule has 0 aromatic carbocycles. The van der Waals surface area contributed by atoms with Crippen LogP contribution in [0, 0.1) is 5.92 Å². The minimum atomic E-state index is -0.106. The Hall–Kier alpha value is -1.47. The number of aromatic nitrogens is 1. The van der Waals surface area contributed by atoms with E-state index in [1.807, 2.05) is 5.38 Å². The number of hydrogen-bond donors (Lipinski definition) is 1. The summed E-state index contributed by atoms with van der Waals surface area (Å²) in [6.45, 7) is 3.98. The molecule has 6 nitrogen and oxygen atoms in total. The number of rotatable bonds is 4. The lowest BCUT2D eigenvalue weighted by atomic mass is 9.96. The molecule has 1 N–H and O–H groups in total. The Kier molecular flexibility index (Phi) is 5.30. The molecule has 1 aliphatic heterocycles. The maximum absolute atomic E-state index is 12.1. The van der Waals surface area contributed by atoms with Gasteiger partial charge < -0.3 is 10.2 Å². The Bertz CT molecular complexity index is 515. The molecule has 0 spiro atoms. The van der Waals surface area contributed by atoms with Crippen LogP contribution >= 0.6 is 11.3 Å². The molecule has 2 amide bonds. The van der Waals surface area contributed by atoms with E-state index in [0.717, 1.165) is 38.2 Å². The summed E-state index contributed by atoms with van der Waals surface area (Å²) in [6, 6.07) is 0. The van der Waals surface area contributed by atoms with E-state index in [0.29, 0.717) is 5.13 Å². The molecular weight excluding hydrogens is 288 g/mol. The third kappa shape index (κ3) is 4.50. The first-order chi connectivity index (χ1) is 9.95. The third-order valence-corrected chi connectivity index (χ3v) is 4.32. The molecule has 0 aliphatic carbocycles. The zero-order chi connectivity index (χ0) is 15.4. The molecule has 7 heteroatoms. The van der Waals surface area contributed by atoms with Crippen LogP contribution in [0.15, 0.2) is 5.38 Å². The van der Waals surface area contributed by atoms with Crippen LogP contribution in [0.2, 0.25) is 0 Å². The van der Waals surface area contributed by atoms with Crippen molar-refractivity contribution in [2.75, 3.05) is 32.5 Å². The van der Waals surface area contributed by atoms with Crippen molar-refractivity contribution in [2.24, 2.45) is 5.92 Å². The monoisotopic (exact) mass is 310 g/mol. The summed E-state index contributed by atoms with van der Waals surface area (Å²) < 4.78 is 0. The van der Waals surface area contributed by atoms with Crippen LogP contribution in [0.1, 0.15) is 25.5 Å². The maximum atomic E-state index is 12.1. The van der Waals surface area contributed by atoms with Gasteiger partial charge in [-0.15, -0.1) is 11.3 Å². The summed E-state index contributed by atoms with van der Waals surface area (Å²) in [6.07, 6.45) is 1.99. The van der Waals surface area contributed by atoms with Crippen molar-refractivity contribution in [1.29, 1.82) is 0 Å². The van der Waals surface area contributed by atoms with E-state index in [1.165, 1.54) is 18.3 Å². The van der Waals surface area contributed by atoms with Crippen molar-refractivity contribution in [2.45, 2.75) is 26.3 Å². The van der Waals surface area contributed by atoms with Crippen LogP contribution in [0.3, 0.4) is 0 Å². The number of thiazole rings is 1. The van der Waals surface area contributed by atoms with Gasteiger partial charge in [-0.2, -0.15) is 0 Å². The third-order valence-electron chi connectivity index (χ3n) is 3.52. The Morgan fingerprint density at radius 2 is 2.29 bits per heavy atom. The van der Waals surface area contributed by atoms with Gasteiger partial charge in [-0.05, 0) is 19.4 Å². The van der Waals surface area contributed by atoms with Gasteiger partial charge in [0.15, 0.2) is 5.13 Å². The summed E-state index contributed by atoms with van der Waals surface area (Å²) in [4.78, 5) is 31.4. The summed E-state index contributed by atoms with van der Waals surface area (Å²) in [5.41, 5.74) is 0.946. The molecule has 1 aromatic heterocycles. The molecule has 1 aliphatic rings. The van der Waals surface area contributed by atoms with Crippen molar-refractivity contribution < 1.29 is 9.59 Å². The molecule has 1 saturated heterocycles. The lowest BCUT2D eigenvalue weighted by molar-refractivity contribution is -0.134. The van der Waals surface area contributed by atoms with Crippen molar-refractivity contribution >= 4 is 28.3 Å². The van der Waals surface area contributed by atoms with Gasteiger partial charge in [0.2, 0.25) is 11.8 Å². The molecule has 2 heterocycles. The minimum Gasteiger partial charge on any atom is -0.349 e. The first kappa shape index (κ1) is 15.9. The second-order valence-electron chi connectivity index (χ2n) is 5.63. The van der Waals surface area contributed by atoms with E-state index in [4.69, 9.17) is 0 Å². The standard InChI is InChI=1S/C14H22N4O2S/c1-10(19)15-14-16-12(9-21-14)8-18-6-4-5-11(7-18)13(20)17(2)3/h9,11H,4-8H2,1-3H3,(H,15,16,19). The van der Waals surface area contributed by atoms with Crippen molar-refractivity contribution in [3.8, 4) is 0 Å². The summed E-state index contributed by atoms with van der Waals surface area (Å²) in [5.74, 6) is 0.185. The second kappa shape index (κ2) is 7.00.